The van der Waals surface area contributed by atoms with Crippen LogP contribution in [0.15, 0.2) is 41.0 Å². The van der Waals surface area contributed by atoms with E-state index in [1.165, 1.54) is 0 Å². The topological polar surface area (TPSA) is 46.4 Å². The lowest BCUT2D eigenvalue weighted by Crippen LogP contribution is -2.16. The summed E-state index contributed by atoms with van der Waals surface area (Å²) in [6, 6.07) is 9.86. The summed E-state index contributed by atoms with van der Waals surface area (Å²) in [6.07, 6.45) is 2.75. The zero-order valence-corrected chi connectivity index (χ0v) is 14.9. The highest BCUT2D eigenvalue weighted by molar-refractivity contribution is 9.10. The summed E-state index contributed by atoms with van der Waals surface area (Å²) >= 11 is 3.49. The number of amides is 1. The highest BCUT2D eigenvalue weighted by atomic mass is 79.9. The molecule has 1 amide bonds. The van der Waals surface area contributed by atoms with Gasteiger partial charge < -0.3 is 5.32 Å². The number of fused-ring (bicyclic) bond motifs is 1. The van der Waals surface area contributed by atoms with Crippen LogP contribution in [0.3, 0.4) is 0 Å². The average molecular weight is 372 g/mol. The Morgan fingerprint density at radius 3 is 2.78 bits per heavy atom. The molecule has 1 aromatic carbocycles. The molecule has 1 N–H and O–H groups in total. The first-order valence-electron chi connectivity index (χ1n) is 7.55. The van der Waals surface area contributed by atoms with Crippen LogP contribution in [0.1, 0.15) is 34.2 Å². The van der Waals surface area contributed by atoms with Gasteiger partial charge in [0.05, 0.1) is 5.69 Å². The largest absolute Gasteiger partial charge is 0.320 e. The molecule has 0 fully saturated rings. The molecule has 0 atom stereocenters. The van der Waals surface area contributed by atoms with Crippen LogP contribution in [0.25, 0.3) is 5.65 Å². The van der Waals surface area contributed by atoms with Crippen molar-refractivity contribution in [3.8, 4) is 0 Å². The second-order valence-electron chi connectivity index (χ2n) is 5.55. The Balaban J connectivity index is 2.06. The number of halogens is 1. The number of aryl methyl sites for hydroxylation is 3. The molecule has 3 aromatic rings. The van der Waals surface area contributed by atoms with Gasteiger partial charge in [-0.15, -0.1) is 0 Å². The molecule has 5 heteroatoms. The normalized spacial score (nSPS) is 11.0. The molecular formula is C18H18BrN3O. The van der Waals surface area contributed by atoms with E-state index in [1.54, 1.807) is 0 Å². The van der Waals surface area contributed by atoms with Crippen LogP contribution >= 0.6 is 15.9 Å². The molecule has 0 aliphatic carbocycles. The fraction of sp³-hybridized carbons (Fsp3) is 0.222. The Morgan fingerprint density at radius 2 is 2.04 bits per heavy atom. The fourth-order valence-electron chi connectivity index (χ4n) is 2.79. The van der Waals surface area contributed by atoms with E-state index in [-0.39, 0.29) is 5.91 Å². The summed E-state index contributed by atoms with van der Waals surface area (Å²) in [6.45, 7) is 5.92. The van der Waals surface area contributed by atoms with Crippen LogP contribution in [0, 0.1) is 13.8 Å². The predicted molar refractivity (Wildman–Crippen MR) is 96.1 cm³/mol. The number of anilines is 1. The molecule has 118 valence electrons. The summed E-state index contributed by atoms with van der Waals surface area (Å²) < 4.78 is 2.77. The summed E-state index contributed by atoms with van der Waals surface area (Å²) in [5.41, 5.74) is 5.08. The van der Waals surface area contributed by atoms with Crippen LogP contribution in [-0.2, 0) is 6.42 Å². The highest BCUT2D eigenvalue weighted by Gasteiger charge is 2.18. The minimum Gasteiger partial charge on any atom is -0.320 e. The number of rotatable bonds is 3. The number of para-hydroxylation sites is 1. The van der Waals surface area contributed by atoms with E-state index in [1.807, 2.05) is 54.8 Å². The molecular weight excluding hydrogens is 354 g/mol. The van der Waals surface area contributed by atoms with Gasteiger partial charge in [-0.25, -0.2) is 4.98 Å². The molecule has 0 radical (unpaired) electrons. The van der Waals surface area contributed by atoms with Crippen molar-refractivity contribution >= 4 is 33.2 Å². The zero-order chi connectivity index (χ0) is 16.6. The van der Waals surface area contributed by atoms with E-state index in [0.717, 1.165) is 39.0 Å². The second kappa shape index (κ2) is 6.16. The van der Waals surface area contributed by atoms with E-state index in [0.29, 0.717) is 5.69 Å². The maximum Gasteiger partial charge on any atom is 0.274 e. The number of nitrogens with zero attached hydrogens (tertiary/aromatic N) is 2. The number of imidazole rings is 1. The number of carbonyl (C=O) groups excluding carboxylic acids is 1. The van der Waals surface area contributed by atoms with Crippen molar-refractivity contribution in [2.75, 3.05) is 5.32 Å². The quantitative estimate of drug-likeness (QED) is 0.734. The SMILES string of the molecule is CCc1ccccc1NC(=O)c1c(C)nc2c(C)cc(Br)cn12. The van der Waals surface area contributed by atoms with Gasteiger partial charge >= 0.3 is 0 Å². The minimum atomic E-state index is -0.145. The summed E-state index contributed by atoms with van der Waals surface area (Å²) in [7, 11) is 0. The monoisotopic (exact) mass is 371 g/mol. The number of pyridine rings is 1. The van der Waals surface area contributed by atoms with Crippen molar-refractivity contribution in [1.29, 1.82) is 0 Å². The van der Waals surface area contributed by atoms with Crippen LogP contribution in [0.4, 0.5) is 5.69 Å². The molecule has 2 heterocycles. The molecule has 0 aliphatic rings. The maximum atomic E-state index is 12.8. The molecule has 0 spiro atoms. The Labute approximate surface area is 143 Å². The van der Waals surface area contributed by atoms with Crippen LogP contribution < -0.4 is 5.32 Å². The fourth-order valence-corrected chi connectivity index (χ4v) is 3.34. The van der Waals surface area contributed by atoms with Crippen molar-refractivity contribution in [2.24, 2.45) is 0 Å². The van der Waals surface area contributed by atoms with Gasteiger partial charge in [0.2, 0.25) is 0 Å². The lowest BCUT2D eigenvalue weighted by molar-refractivity contribution is 0.102. The summed E-state index contributed by atoms with van der Waals surface area (Å²) in [5.74, 6) is -0.145. The maximum absolute atomic E-state index is 12.8. The van der Waals surface area contributed by atoms with E-state index >= 15 is 0 Å². The van der Waals surface area contributed by atoms with Gasteiger partial charge in [0.1, 0.15) is 11.3 Å². The van der Waals surface area contributed by atoms with Crippen molar-refractivity contribution in [1.82, 2.24) is 9.38 Å². The van der Waals surface area contributed by atoms with Crippen molar-refractivity contribution < 1.29 is 4.79 Å². The third-order valence-electron chi connectivity index (χ3n) is 3.91. The van der Waals surface area contributed by atoms with Crippen LogP contribution in [0.2, 0.25) is 0 Å². The van der Waals surface area contributed by atoms with E-state index in [2.05, 4.69) is 33.2 Å². The smallest absolute Gasteiger partial charge is 0.274 e. The second-order valence-corrected chi connectivity index (χ2v) is 6.46. The number of hydrogen-bond donors (Lipinski definition) is 1. The van der Waals surface area contributed by atoms with E-state index in [9.17, 15) is 4.79 Å². The van der Waals surface area contributed by atoms with Gasteiger partial charge in [-0.3, -0.25) is 9.20 Å². The lowest BCUT2D eigenvalue weighted by Gasteiger charge is -2.10. The number of carbonyl (C=O) groups is 1. The number of nitrogens with one attached hydrogen (secondary N) is 1. The van der Waals surface area contributed by atoms with Crippen LogP contribution in [0.5, 0.6) is 0 Å². The van der Waals surface area contributed by atoms with Gasteiger partial charge in [-0.05, 0) is 59.5 Å². The Morgan fingerprint density at radius 1 is 1.30 bits per heavy atom. The minimum absolute atomic E-state index is 0.145. The molecule has 0 saturated heterocycles. The first-order chi connectivity index (χ1) is 11.0. The van der Waals surface area contributed by atoms with Gasteiger partial charge in [0.15, 0.2) is 0 Å². The molecule has 23 heavy (non-hydrogen) atoms. The summed E-state index contributed by atoms with van der Waals surface area (Å²) in [4.78, 5) is 17.4. The standard InChI is InChI=1S/C18H18BrN3O/c1-4-13-7-5-6-8-15(13)21-18(23)16-12(3)20-17-11(2)9-14(19)10-22(16)17/h5-10H,4H2,1-3H3,(H,21,23). The Hall–Kier alpha value is -2.14. The molecule has 3 rings (SSSR count). The van der Waals surface area contributed by atoms with E-state index < -0.39 is 0 Å². The number of benzene rings is 1. The predicted octanol–water partition coefficient (Wildman–Crippen LogP) is 4.53. The number of hydrogen-bond acceptors (Lipinski definition) is 2. The zero-order valence-electron chi connectivity index (χ0n) is 13.4. The molecule has 4 nitrogen and oxygen atoms in total. The lowest BCUT2D eigenvalue weighted by atomic mass is 10.1. The van der Waals surface area contributed by atoms with Gasteiger partial charge in [0.25, 0.3) is 5.91 Å². The molecule has 0 aliphatic heterocycles. The van der Waals surface area contributed by atoms with Gasteiger partial charge in [0, 0.05) is 16.4 Å². The number of aromatic nitrogens is 2. The van der Waals surface area contributed by atoms with Crippen molar-refractivity contribution in [3.63, 3.8) is 0 Å². The molecule has 2 aromatic heterocycles. The Bertz CT molecular complexity index is 899. The van der Waals surface area contributed by atoms with Gasteiger partial charge in [-0.2, -0.15) is 0 Å². The third kappa shape index (κ3) is 2.88. The van der Waals surface area contributed by atoms with E-state index in [4.69, 9.17) is 0 Å². The molecule has 0 bridgehead atoms. The van der Waals surface area contributed by atoms with Gasteiger partial charge in [-0.1, -0.05) is 25.1 Å². The third-order valence-corrected chi connectivity index (χ3v) is 4.34. The van der Waals surface area contributed by atoms with Crippen LogP contribution in [-0.4, -0.2) is 15.3 Å². The Kier molecular flexibility index (Phi) is 4.22. The first kappa shape index (κ1) is 15.7. The van der Waals surface area contributed by atoms with Crippen molar-refractivity contribution in [3.05, 3.63) is 63.5 Å². The summed E-state index contributed by atoms with van der Waals surface area (Å²) in [5, 5.41) is 3.02. The highest BCUT2D eigenvalue weighted by Crippen LogP contribution is 2.22. The van der Waals surface area contributed by atoms with Crippen molar-refractivity contribution in [2.45, 2.75) is 27.2 Å². The average Bonchev–Trinajstić information content (AvgIpc) is 2.84. The molecule has 0 saturated carbocycles. The molecule has 0 unspecified atom stereocenters. The first-order valence-corrected chi connectivity index (χ1v) is 8.34.